The van der Waals surface area contributed by atoms with Crippen LogP contribution >= 0.6 is 0 Å². The van der Waals surface area contributed by atoms with Crippen molar-refractivity contribution in [1.29, 1.82) is 0 Å². The molecule has 0 unspecified atom stereocenters. The summed E-state index contributed by atoms with van der Waals surface area (Å²) in [6.45, 7) is 1.91. The number of nitrogens with zero attached hydrogens (tertiary/aromatic N) is 2. The number of methoxy groups -OCH3 is 1. The number of pyridine rings is 1. The lowest BCUT2D eigenvalue weighted by Gasteiger charge is -2.11. The molecule has 0 aliphatic heterocycles. The van der Waals surface area contributed by atoms with Crippen molar-refractivity contribution >= 4 is 5.69 Å². The maximum absolute atomic E-state index is 12.1. The molecule has 6 heteroatoms. The second-order valence-corrected chi connectivity index (χ2v) is 4.37. The molecule has 1 heterocycles. The third-order valence-corrected chi connectivity index (χ3v) is 2.97. The number of nitro benzene ring substituents is 1. The van der Waals surface area contributed by atoms with Crippen molar-refractivity contribution in [3.8, 4) is 5.69 Å². The van der Waals surface area contributed by atoms with Crippen LogP contribution in [0.4, 0.5) is 5.69 Å². The lowest BCUT2D eigenvalue weighted by atomic mass is 10.1. The van der Waals surface area contributed by atoms with Gasteiger partial charge in [0, 0.05) is 36.6 Å². The highest BCUT2D eigenvalue weighted by atomic mass is 16.6. The van der Waals surface area contributed by atoms with E-state index < -0.39 is 4.92 Å². The van der Waals surface area contributed by atoms with E-state index in [1.165, 1.54) is 23.8 Å². The quantitative estimate of drug-likeness (QED) is 0.632. The van der Waals surface area contributed by atoms with Gasteiger partial charge in [-0.3, -0.25) is 19.5 Å². The summed E-state index contributed by atoms with van der Waals surface area (Å²) in [5, 5.41) is 10.8. The third-order valence-electron chi connectivity index (χ3n) is 2.97. The van der Waals surface area contributed by atoms with Crippen molar-refractivity contribution in [1.82, 2.24) is 4.57 Å². The Labute approximate surface area is 115 Å². The Morgan fingerprint density at radius 2 is 2.10 bits per heavy atom. The fraction of sp³-hybridized carbons (Fsp3) is 0.214. The fourth-order valence-electron chi connectivity index (χ4n) is 1.98. The van der Waals surface area contributed by atoms with Crippen LogP contribution in [0.1, 0.15) is 11.1 Å². The maximum Gasteiger partial charge on any atom is 0.269 e. The van der Waals surface area contributed by atoms with E-state index in [4.69, 9.17) is 4.74 Å². The number of aromatic nitrogens is 1. The Hall–Kier alpha value is -2.47. The van der Waals surface area contributed by atoms with Crippen LogP contribution in [0.25, 0.3) is 5.69 Å². The molecule has 20 heavy (non-hydrogen) atoms. The van der Waals surface area contributed by atoms with Gasteiger partial charge < -0.3 is 4.74 Å². The van der Waals surface area contributed by atoms with Crippen molar-refractivity contribution in [3.63, 3.8) is 0 Å². The van der Waals surface area contributed by atoms with Crippen LogP contribution in [0.3, 0.4) is 0 Å². The molecule has 0 amide bonds. The summed E-state index contributed by atoms with van der Waals surface area (Å²) in [7, 11) is 1.50. The number of hydrogen-bond acceptors (Lipinski definition) is 4. The highest BCUT2D eigenvalue weighted by molar-refractivity contribution is 5.48. The van der Waals surface area contributed by atoms with Crippen LogP contribution < -0.4 is 5.56 Å². The third kappa shape index (κ3) is 2.60. The molecule has 104 valence electrons. The van der Waals surface area contributed by atoms with Gasteiger partial charge in [-0.1, -0.05) is 6.07 Å². The molecule has 0 N–H and O–H groups in total. The van der Waals surface area contributed by atoms with Gasteiger partial charge in [0.05, 0.1) is 17.2 Å². The van der Waals surface area contributed by atoms with Gasteiger partial charge in [0.2, 0.25) is 0 Å². The predicted molar refractivity (Wildman–Crippen MR) is 74.1 cm³/mol. The van der Waals surface area contributed by atoms with Crippen LogP contribution in [-0.4, -0.2) is 16.6 Å². The summed E-state index contributed by atoms with van der Waals surface area (Å²) in [5.41, 5.74) is 1.61. The van der Waals surface area contributed by atoms with Crippen LogP contribution in [-0.2, 0) is 11.3 Å². The van der Waals surface area contributed by atoms with Crippen molar-refractivity contribution in [3.05, 3.63) is 68.1 Å². The Bertz CT molecular complexity index is 707. The summed E-state index contributed by atoms with van der Waals surface area (Å²) in [6, 6.07) is 7.85. The van der Waals surface area contributed by atoms with E-state index in [0.717, 1.165) is 0 Å². The molecule has 2 aromatic rings. The van der Waals surface area contributed by atoms with E-state index in [-0.39, 0.29) is 17.9 Å². The van der Waals surface area contributed by atoms with Crippen LogP contribution in [0.15, 0.2) is 41.3 Å². The standard InChI is InChI=1S/C14H14N2O4/c1-10-4-3-7-15(14(10)17)13-6-5-12(16(18)19)8-11(13)9-20-2/h3-8H,9H2,1-2H3. The molecule has 1 aromatic heterocycles. The van der Waals surface area contributed by atoms with E-state index >= 15 is 0 Å². The van der Waals surface area contributed by atoms with Gasteiger partial charge in [-0.15, -0.1) is 0 Å². The van der Waals surface area contributed by atoms with E-state index in [2.05, 4.69) is 0 Å². The van der Waals surface area contributed by atoms with Crippen molar-refractivity contribution in [2.75, 3.05) is 7.11 Å². The Balaban J connectivity index is 2.64. The monoisotopic (exact) mass is 274 g/mol. The van der Waals surface area contributed by atoms with Gasteiger partial charge in [0.15, 0.2) is 0 Å². The first-order valence-corrected chi connectivity index (χ1v) is 5.99. The van der Waals surface area contributed by atoms with Gasteiger partial charge in [0.25, 0.3) is 11.2 Å². The molecule has 0 spiro atoms. The molecule has 0 saturated heterocycles. The molecule has 0 radical (unpaired) electrons. The lowest BCUT2D eigenvalue weighted by Crippen LogP contribution is -2.20. The molecule has 0 aliphatic carbocycles. The smallest absolute Gasteiger partial charge is 0.269 e. The molecule has 0 aliphatic rings. The molecule has 1 aromatic carbocycles. The first kappa shape index (κ1) is 14.0. The number of ether oxygens (including phenoxy) is 1. The second kappa shape index (κ2) is 5.66. The first-order chi connectivity index (χ1) is 9.54. The molecular weight excluding hydrogens is 260 g/mol. The van der Waals surface area contributed by atoms with Crippen molar-refractivity contribution < 1.29 is 9.66 Å². The first-order valence-electron chi connectivity index (χ1n) is 5.99. The normalized spacial score (nSPS) is 10.5. The van der Waals surface area contributed by atoms with Crippen molar-refractivity contribution in [2.24, 2.45) is 0 Å². The predicted octanol–water partition coefficient (Wildman–Crippen LogP) is 2.20. The molecule has 0 atom stereocenters. The molecule has 0 fully saturated rings. The lowest BCUT2D eigenvalue weighted by molar-refractivity contribution is -0.384. The number of non-ortho nitro benzene ring substituents is 1. The zero-order chi connectivity index (χ0) is 14.7. The molecule has 2 rings (SSSR count). The zero-order valence-corrected chi connectivity index (χ0v) is 11.2. The van der Waals surface area contributed by atoms with Crippen molar-refractivity contribution in [2.45, 2.75) is 13.5 Å². The SMILES string of the molecule is COCc1cc([N+](=O)[O-])ccc1-n1cccc(C)c1=O. The summed E-state index contributed by atoms with van der Waals surface area (Å²) < 4.78 is 6.52. The van der Waals surface area contributed by atoms with Crippen LogP contribution in [0, 0.1) is 17.0 Å². The minimum Gasteiger partial charge on any atom is -0.380 e. The number of nitro groups is 1. The number of hydrogen-bond donors (Lipinski definition) is 0. The molecule has 6 nitrogen and oxygen atoms in total. The summed E-state index contributed by atoms with van der Waals surface area (Å²) in [5.74, 6) is 0. The fourth-order valence-corrected chi connectivity index (χ4v) is 1.98. The molecule has 0 saturated carbocycles. The number of aryl methyl sites for hydroxylation is 1. The van der Waals surface area contributed by atoms with Gasteiger partial charge in [-0.25, -0.2) is 0 Å². The van der Waals surface area contributed by atoms with E-state index in [1.54, 1.807) is 31.3 Å². The average Bonchev–Trinajstić information content (AvgIpc) is 2.42. The largest absolute Gasteiger partial charge is 0.380 e. The maximum atomic E-state index is 12.1. The highest BCUT2D eigenvalue weighted by Gasteiger charge is 2.13. The summed E-state index contributed by atoms with van der Waals surface area (Å²) >= 11 is 0. The molecule has 0 bridgehead atoms. The van der Waals surface area contributed by atoms with Gasteiger partial charge >= 0.3 is 0 Å². The van der Waals surface area contributed by atoms with E-state index in [0.29, 0.717) is 16.8 Å². The minimum atomic E-state index is -0.470. The minimum absolute atomic E-state index is 0.0264. The topological polar surface area (TPSA) is 74.4 Å². The number of rotatable bonds is 4. The Kier molecular flexibility index (Phi) is 3.95. The van der Waals surface area contributed by atoms with Gasteiger partial charge in [-0.2, -0.15) is 0 Å². The average molecular weight is 274 g/mol. The Morgan fingerprint density at radius 1 is 1.35 bits per heavy atom. The summed E-state index contributed by atoms with van der Waals surface area (Å²) in [4.78, 5) is 22.5. The number of benzene rings is 1. The van der Waals surface area contributed by atoms with Gasteiger partial charge in [-0.05, 0) is 19.1 Å². The Morgan fingerprint density at radius 3 is 2.75 bits per heavy atom. The van der Waals surface area contributed by atoms with Crippen LogP contribution in [0.5, 0.6) is 0 Å². The van der Waals surface area contributed by atoms with E-state index in [9.17, 15) is 14.9 Å². The van der Waals surface area contributed by atoms with E-state index in [1.807, 2.05) is 0 Å². The van der Waals surface area contributed by atoms with Gasteiger partial charge in [0.1, 0.15) is 0 Å². The zero-order valence-electron chi connectivity index (χ0n) is 11.2. The highest BCUT2D eigenvalue weighted by Crippen LogP contribution is 2.21. The second-order valence-electron chi connectivity index (χ2n) is 4.37. The van der Waals surface area contributed by atoms with Crippen LogP contribution in [0.2, 0.25) is 0 Å². The molecular formula is C14H14N2O4. The summed E-state index contributed by atoms with van der Waals surface area (Å²) in [6.07, 6.45) is 1.63.